The Morgan fingerprint density at radius 1 is 1.56 bits per heavy atom. The second-order valence-corrected chi connectivity index (χ2v) is 4.25. The number of carbonyl (C=O) groups is 1. The van der Waals surface area contributed by atoms with Crippen molar-refractivity contribution >= 4 is 5.91 Å². The van der Waals surface area contributed by atoms with Crippen LogP contribution in [0.3, 0.4) is 0 Å². The number of aromatic nitrogens is 2. The molecule has 88 valence electrons. The van der Waals surface area contributed by atoms with Crippen LogP contribution in [0.4, 0.5) is 0 Å². The van der Waals surface area contributed by atoms with Crippen molar-refractivity contribution in [2.45, 2.75) is 19.4 Å². The van der Waals surface area contributed by atoms with Crippen LogP contribution in [0.5, 0.6) is 0 Å². The van der Waals surface area contributed by atoms with Gasteiger partial charge in [-0.15, -0.1) is 0 Å². The highest BCUT2D eigenvalue weighted by atomic mass is 16.2. The molecule has 16 heavy (non-hydrogen) atoms. The molecule has 2 rings (SSSR count). The molecule has 1 aliphatic heterocycles. The van der Waals surface area contributed by atoms with Gasteiger partial charge in [0.25, 0.3) is 0 Å². The van der Waals surface area contributed by atoms with Crippen LogP contribution in [-0.2, 0) is 11.3 Å². The molecule has 1 fully saturated rings. The lowest BCUT2D eigenvalue weighted by Gasteiger charge is -2.26. The van der Waals surface area contributed by atoms with E-state index < -0.39 is 0 Å². The molecule has 5 nitrogen and oxygen atoms in total. The van der Waals surface area contributed by atoms with Crippen molar-refractivity contribution in [3.8, 4) is 0 Å². The Morgan fingerprint density at radius 3 is 2.94 bits per heavy atom. The molecular weight excluding hydrogens is 204 g/mol. The van der Waals surface area contributed by atoms with E-state index >= 15 is 0 Å². The number of hydrogen-bond donors (Lipinski definition) is 2. The van der Waals surface area contributed by atoms with Gasteiger partial charge in [-0.05, 0) is 25.9 Å². The Kier molecular flexibility index (Phi) is 3.56. The summed E-state index contributed by atoms with van der Waals surface area (Å²) in [6.07, 6.45) is 5.37. The fourth-order valence-corrected chi connectivity index (χ4v) is 2.07. The van der Waals surface area contributed by atoms with Crippen molar-refractivity contribution < 1.29 is 4.79 Å². The summed E-state index contributed by atoms with van der Waals surface area (Å²) >= 11 is 0. The molecule has 0 aromatic carbocycles. The van der Waals surface area contributed by atoms with Crippen molar-refractivity contribution in [3.05, 3.63) is 18.2 Å². The Hall–Kier alpha value is -1.36. The number of carbonyl (C=O) groups excluding carboxylic acids is 1. The molecule has 1 saturated heterocycles. The molecule has 5 heteroatoms. The van der Waals surface area contributed by atoms with Gasteiger partial charge in [0.05, 0.1) is 6.54 Å². The summed E-state index contributed by atoms with van der Waals surface area (Å²) in [6.45, 7) is 2.46. The molecule has 1 amide bonds. The van der Waals surface area contributed by atoms with Crippen LogP contribution in [0.2, 0.25) is 0 Å². The van der Waals surface area contributed by atoms with Crippen molar-refractivity contribution in [2.75, 3.05) is 20.1 Å². The number of piperidine rings is 1. The topological polar surface area (TPSA) is 61.0 Å². The van der Waals surface area contributed by atoms with Crippen LogP contribution in [0.25, 0.3) is 0 Å². The first-order valence-corrected chi connectivity index (χ1v) is 5.71. The van der Waals surface area contributed by atoms with E-state index in [-0.39, 0.29) is 11.8 Å². The fourth-order valence-electron chi connectivity index (χ4n) is 2.07. The molecule has 1 aliphatic rings. The molecule has 1 aromatic heterocycles. The summed E-state index contributed by atoms with van der Waals surface area (Å²) in [6, 6.07) is 0. The van der Waals surface area contributed by atoms with Crippen molar-refractivity contribution in [1.82, 2.24) is 20.2 Å². The number of H-pyrrole nitrogens is 1. The van der Waals surface area contributed by atoms with Crippen molar-refractivity contribution in [1.29, 1.82) is 0 Å². The van der Waals surface area contributed by atoms with Crippen LogP contribution >= 0.6 is 0 Å². The minimum absolute atomic E-state index is 0.182. The molecule has 0 radical (unpaired) electrons. The minimum atomic E-state index is 0.182. The summed E-state index contributed by atoms with van der Waals surface area (Å²) in [4.78, 5) is 21.0. The van der Waals surface area contributed by atoms with Gasteiger partial charge in [0, 0.05) is 25.4 Å². The van der Waals surface area contributed by atoms with E-state index in [1.54, 1.807) is 17.3 Å². The summed E-state index contributed by atoms with van der Waals surface area (Å²) < 4.78 is 0. The smallest absolute Gasteiger partial charge is 0.225 e. The first-order chi connectivity index (χ1) is 7.77. The van der Waals surface area contributed by atoms with Gasteiger partial charge in [-0.25, -0.2) is 4.98 Å². The molecule has 0 bridgehead atoms. The van der Waals surface area contributed by atoms with Crippen LogP contribution in [0, 0.1) is 5.92 Å². The standard InChI is InChI=1S/C11H18N4O/c1-15(8-10-13-6-7-14-10)11(16)9-2-4-12-5-3-9/h6-7,9,12H,2-5,8H2,1H3,(H,13,14). The fraction of sp³-hybridized carbons (Fsp3) is 0.636. The van der Waals surface area contributed by atoms with Crippen LogP contribution in [0.15, 0.2) is 12.4 Å². The summed E-state index contributed by atoms with van der Waals surface area (Å²) in [7, 11) is 1.84. The van der Waals surface area contributed by atoms with E-state index in [1.807, 2.05) is 7.05 Å². The highest BCUT2D eigenvalue weighted by molar-refractivity contribution is 5.78. The van der Waals surface area contributed by atoms with Gasteiger partial charge >= 0.3 is 0 Å². The third-order valence-corrected chi connectivity index (χ3v) is 3.01. The highest BCUT2D eigenvalue weighted by Crippen LogP contribution is 2.15. The molecule has 0 saturated carbocycles. The number of imidazole rings is 1. The average molecular weight is 222 g/mol. The van der Waals surface area contributed by atoms with E-state index in [1.165, 1.54) is 0 Å². The molecular formula is C11H18N4O. The van der Waals surface area contributed by atoms with Gasteiger partial charge in [0.2, 0.25) is 5.91 Å². The number of nitrogens with zero attached hydrogens (tertiary/aromatic N) is 2. The lowest BCUT2D eigenvalue weighted by atomic mass is 9.97. The molecule has 1 aromatic rings. The number of amides is 1. The van der Waals surface area contributed by atoms with Crippen molar-refractivity contribution in [2.24, 2.45) is 5.92 Å². The van der Waals surface area contributed by atoms with Gasteiger partial charge in [0.15, 0.2) is 0 Å². The molecule has 0 aliphatic carbocycles. The van der Waals surface area contributed by atoms with E-state index in [2.05, 4.69) is 15.3 Å². The lowest BCUT2D eigenvalue weighted by molar-refractivity contribution is -0.135. The zero-order chi connectivity index (χ0) is 11.4. The Morgan fingerprint density at radius 2 is 2.31 bits per heavy atom. The van der Waals surface area contributed by atoms with E-state index in [9.17, 15) is 4.79 Å². The molecule has 2 heterocycles. The van der Waals surface area contributed by atoms with Crippen molar-refractivity contribution in [3.63, 3.8) is 0 Å². The monoisotopic (exact) mass is 222 g/mol. The van der Waals surface area contributed by atoms with Gasteiger partial charge < -0.3 is 15.2 Å². The van der Waals surface area contributed by atoms with E-state index in [0.717, 1.165) is 31.8 Å². The normalized spacial score (nSPS) is 17.3. The third-order valence-electron chi connectivity index (χ3n) is 3.01. The lowest BCUT2D eigenvalue weighted by Crippen LogP contribution is -2.39. The Bertz CT molecular complexity index is 330. The van der Waals surface area contributed by atoms with Crippen LogP contribution in [-0.4, -0.2) is 40.9 Å². The van der Waals surface area contributed by atoms with Crippen LogP contribution in [0.1, 0.15) is 18.7 Å². The predicted octanol–water partition coefficient (Wildman–Crippen LogP) is 0.368. The summed E-state index contributed by atoms with van der Waals surface area (Å²) in [5.41, 5.74) is 0. The average Bonchev–Trinajstić information content (AvgIpc) is 2.82. The number of aromatic amines is 1. The maximum absolute atomic E-state index is 12.1. The molecule has 0 unspecified atom stereocenters. The van der Waals surface area contributed by atoms with Gasteiger partial charge in [0.1, 0.15) is 5.82 Å². The Balaban J connectivity index is 1.88. The predicted molar refractivity (Wildman–Crippen MR) is 60.7 cm³/mol. The minimum Gasteiger partial charge on any atom is -0.347 e. The third kappa shape index (κ3) is 2.61. The SMILES string of the molecule is CN(Cc1ncc[nH]1)C(=O)C1CCNCC1. The number of nitrogens with one attached hydrogen (secondary N) is 2. The van der Waals surface area contributed by atoms with Gasteiger partial charge in [-0.2, -0.15) is 0 Å². The van der Waals surface area contributed by atoms with E-state index in [4.69, 9.17) is 0 Å². The largest absolute Gasteiger partial charge is 0.347 e. The van der Waals surface area contributed by atoms with Crippen LogP contribution < -0.4 is 5.32 Å². The second kappa shape index (κ2) is 5.12. The second-order valence-electron chi connectivity index (χ2n) is 4.25. The number of rotatable bonds is 3. The maximum Gasteiger partial charge on any atom is 0.225 e. The quantitative estimate of drug-likeness (QED) is 0.776. The summed E-state index contributed by atoms with van der Waals surface area (Å²) in [5.74, 6) is 1.25. The highest BCUT2D eigenvalue weighted by Gasteiger charge is 2.24. The van der Waals surface area contributed by atoms with Gasteiger partial charge in [-0.1, -0.05) is 0 Å². The van der Waals surface area contributed by atoms with Gasteiger partial charge in [-0.3, -0.25) is 4.79 Å². The zero-order valence-corrected chi connectivity index (χ0v) is 9.57. The molecule has 0 atom stereocenters. The number of hydrogen-bond acceptors (Lipinski definition) is 3. The molecule has 0 spiro atoms. The Labute approximate surface area is 95.2 Å². The summed E-state index contributed by atoms with van der Waals surface area (Å²) in [5, 5.41) is 3.26. The first kappa shape index (κ1) is 11.1. The maximum atomic E-state index is 12.1. The zero-order valence-electron chi connectivity index (χ0n) is 9.57. The molecule has 2 N–H and O–H groups in total. The van der Waals surface area contributed by atoms with E-state index in [0.29, 0.717) is 6.54 Å². The first-order valence-electron chi connectivity index (χ1n) is 5.71.